The van der Waals surface area contributed by atoms with Gasteiger partial charge in [0.05, 0.1) is 17.6 Å². The van der Waals surface area contributed by atoms with Gasteiger partial charge in [-0.25, -0.2) is 9.78 Å². The quantitative estimate of drug-likeness (QED) is 0.807. The lowest BCUT2D eigenvalue weighted by Gasteiger charge is -2.13. The van der Waals surface area contributed by atoms with Crippen LogP contribution >= 0.6 is 0 Å². The second-order valence-electron chi connectivity index (χ2n) is 5.18. The zero-order valence-electron chi connectivity index (χ0n) is 12.5. The lowest BCUT2D eigenvalue weighted by atomic mass is 10.2. The van der Waals surface area contributed by atoms with Crippen molar-refractivity contribution in [1.29, 1.82) is 0 Å². The van der Waals surface area contributed by atoms with Gasteiger partial charge in [0.1, 0.15) is 5.69 Å². The van der Waals surface area contributed by atoms with Crippen LogP contribution in [-0.4, -0.2) is 27.3 Å². The molecule has 0 aliphatic rings. The highest BCUT2D eigenvalue weighted by Gasteiger charge is 2.32. The number of carbonyl (C=O) groups excluding carboxylic acids is 1. The van der Waals surface area contributed by atoms with Gasteiger partial charge in [-0.2, -0.15) is 18.3 Å². The molecular weight excluding hydrogens is 311 g/mol. The van der Waals surface area contributed by atoms with Gasteiger partial charge in [0.25, 0.3) is 0 Å². The number of halogens is 3. The molecule has 124 valence electrons. The molecule has 0 spiro atoms. The second kappa shape index (κ2) is 6.67. The zero-order chi connectivity index (χ0) is 17.0. The highest BCUT2D eigenvalue weighted by atomic mass is 19.4. The molecule has 2 aromatic heterocycles. The zero-order valence-corrected chi connectivity index (χ0v) is 12.5. The molecule has 0 bridgehead atoms. The van der Waals surface area contributed by atoms with Gasteiger partial charge < -0.3 is 10.6 Å². The Labute approximate surface area is 130 Å². The highest BCUT2D eigenvalue weighted by molar-refractivity contribution is 5.89. The molecule has 0 unspecified atom stereocenters. The molecule has 0 aliphatic heterocycles. The molecule has 0 fully saturated rings. The SMILES string of the molecule is Cc1cc(C[C@@H](C)NC(=O)Nc2ccc(C(F)(F)F)nc2)n[nH]1. The molecular formula is C14H16F3N5O. The van der Waals surface area contributed by atoms with E-state index in [2.05, 4.69) is 25.8 Å². The molecule has 2 heterocycles. The summed E-state index contributed by atoms with van der Waals surface area (Å²) in [4.78, 5) is 15.1. The van der Waals surface area contributed by atoms with Gasteiger partial charge in [-0.3, -0.25) is 5.10 Å². The lowest BCUT2D eigenvalue weighted by molar-refractivity contribution is -0.141. The van der Waals surface area contributed by atoms with E-state index in [1.165, 1.54) is 0 Å². The fourth-order valence-electron chi connectivity index (χ4n) is 1.97. The average Bonchev–Trinajstić information content (AvgIpc) is 2.83. The molecule has 2 amide bonds. The fraction of sp³-hybridized carbons (Fsp3) is 0.357. The molecule has 2 rings (SSSR count). The van der Waals surface area contributed by atoms with Crippen LogP contribution in [0.3, 0.4) is 0 Å². The van der Waals surface area contributed by atoms with Crippen molar-refractivity contribution in [1.82, 2.24) is 20.5 Å². The Morgan fingerprint density at radius 3 is 2.65 bits per heavy atom. The van der Waals surface area contributed by atoms with Gasteiger partial charge in [-0.15, -0.1) is 0 Å². The van der Waals surface area contributed by atoms with Crippen molar-refractivity contribution >= 4 is 11.7 Å². The van der Waals surface area contributed by atoms with E-state index in [0.717, 1.165) is 29.7 Å². The van der Waals surface area contributed by atoms with Gasteiger partial charge in [-0.1, -0.05) is 0 Å². The van der Waals surface area contributed by atoms with Crippen molar-refractivity contribution in [3.63, 3.8) is 0 Å². The average molecular weight is 327 g/mol. The molecule has 3 N–H and O–H groups in total. The molecule has 0 radical (unpaired) electrons. The summed E-state index contributed by atoms with van der Waals surface area (Å²) in [5, 5.41) is 12.0. The number of nitrogens with one attached hydrogen (secondary N) is 3. The minimum atomic E-state index is -4.50. The van der Waals surface area contributed by atoms with E-state index < -0.39 is 17.9 Å². The summed E-state index contributed by atoms with van der Waals surface area (Å²) in [6, 6.07) is 3.12. The van der Waals surface area contributed by atoms with Gasteiger partial charge in [0.2, 0.25) is 0 Å². The fourth-order valence-corrected chi connectivity index (χ4v) is 1.97. The van der Waals surface area contributed by atoms with E-state index in [-0.39, 0.29) is 11.7 Å². The van der Waals surface area contributed by atoms with Crippen LogP contribution in [-0.2, 0) is 12.6 Å². The van der Waals surface area contributed by atoms with Crippen molar-refractivity contribution < 1.29 is 18.0 Å². The van der Waals surface area contributed by atoms with Crippen LogP contribution in [0, 0.1) is 6.92 Å². The molecule has 6 nitrogen and oxygen atoms in total. The number of aromatic nitrogens is 3. The normalized spacial score (nSPS) is 12.7. The van der Waals surface area contributed by atoms with E-state index in [4.69, 9.17) is 0 Å². The van der Waals surface area contributed by atoms with Crippen LogP contribution in [0.5, 0.6) is 0 Å². The molecule has 1 atom stereocenters. The van der Waals surface area contributed by atoms with Crippen LogP contribution in [0.25, 0.3) is 0 Å². The number of aromatic amines is 1. The van der Waals surface area contributed by atoms with E-state index in [9.17, 15) is 18.0 Å². The molecule has 0 saturated carbocycles. The van der Waals surface area contributed by atoms with Crippen LogP contribution in [0.1, 0.15) is 24.0 Å². The number of rotatable bonds is 4. The summed E-state index contributed by atoms with van der Waals surface area (Å²) in [7, 11) is 0. The topological polar surface area (TPSA) is 82.7 Å². The monoisotopic (exact) mass is 327 g/mol. The van der Waals surface area contributed by atoms with Crippen molar-refractivity contribution in [3.05, 3.63) is 41.5 Å². The minimum absolute atomic E-state index is 0.179. The van der Waals surface area contributed by atoms with Crippen molar-refractivity contribution in [2.75, 3.05) is 5.32 Å². The summed E-state index contributed by atoms with van der Waals surface area (Å²) in [6.07, 6.45) is -3.01. The Morgan fingerprint density at radius 1 is 1.39 bits per heavy atom. The number of H-pyrrole nitrogens is 1. The predicted molar refractivity (Wildman–Crippen MR) is 77.9 cm³/mol. The Hall–Kier alpha value is -2.58. The Balaban J connectivity index is 1.86. The van der Waals surface area contributed by atoms with E-state index in [0.29, 0.717) is 6.42 Å². The number of pyridine rings is 1. The molecule has 0 saturated heterocycles. The van der Waals surface area contributed by atoms with Gasteiger partial charge >= 0.3 is 12.2 Å². The smallest absolute Gasteiger partial charge is 0.335 e. The van der Waals surface area contributed by atoms with Gasteiger partial charge in [-0.05, 0) is 32.0 Å². The number of hydrogen-bond acceptors (Lipinski definition) is 3. The number of carbonyl (C=O) groups is 1. The highest BCUT2D eigenvalue weighted by Crippen LogP contribution is 2.27. The standard InChI is InChI=1S/C14H16F3N5O/c1-8(5-11-6-9(2)21-22-11)19-13(23)20-10-3-4-12(18-7-10)14(15,16)17/h3-4,6-8H,5H2,1-2H3,(H,21,22)(H2,19,20,23)/t8-/m1/s1. The third-order valence-corrected chi connectivity index (χ3v) is 2.96. The van der Waals surface area contributed by atoms with E-state index in [1.54, 1.807) is 6.92 Å². The Morgan fingerprint density at radius 2 is 2.13 bits per heavy atom. The number of nitrogens with zero attached hydrogens (tertiary/aromatic N) is 2. The molecule has 23 heavy (non-hydrogen) atoms. The van der Waals surface area contributed by atoms with Crippen molar-refractivity contribution in [3.8, 4) is 0 Å². The first kappa shape index (κ1) is 16.8. The van der Waals surface area contributed by atoms with Crippen molar-refractivity contribution in [2.45, 2.75) is 32.5 Å². The van der Waals surface area contributed by atoms with E-state index >= 15 is 0 Å². The third-order valence-electron chi connectivity index (χ3n) is 2.96. The van der Waals surface area contributed by atoms with Crippen molar-refractivity contribution in [2.24, 2.45) is 0 Å². The maximum absolute atomic E-state index is 12.4. The van der Waals surface area contributed by atoms with Crippen LogP contribution < -0.4 is 10.6 Å². The third kappa shape index (κ3) is 4.97. The number of amides is 2. The number of urea groups is 1. The molecule has 0 aromatic carbocycles. The number of hydrogen-bond donors (Lipinski definition) is 3. The number of anilines is 1. The minimum Gasteiger partial charge on any atom is -0.335 e. The number of aryl methyl sites for hydroxylation is 1. The first-order chi connectivity index (χ1) is 10.7. The number of alkyl halides is 3. The summed E-state index contributed by atoms with van der Waals surface area (Å²) >= 11 is 0. The van der Waals surface area contributed by atoms with Crippen LogP contribution in [0.2, 0.25) is 0 Å². The Kier molecular flexibility index (Phi) is 4.87. The van der Waals surface area contributed by atoms with Crippen LogP contribution in [0.15, 0.2) is 24.4 Å². The largest absolute Gasteiger partial charge is 0.433 e. The van der Waals surface area contributed by atoms with Gasteiger partial charge in [0.15, 0.2) is 0 Å². The predicted octanol–water partition coefficient (Wildman–Crippen LogP) is 2.88. The summed E-state index contributed by atoms with van der Waals surface area (Å²) in [6.45, 7) is 3.67. The summed E-state index contributed by atoms with van der Waals surface area (Å²) in [5.74, 6) is 0. The maximum Gasteiger partial charge on any atom is 0.433 e. The summed E-state index contributed by atoms with van der Waals surface area (Å²) < 4.78 is 37.2. The molecule has 0 aliphatic carbocycles. The maximum atomic E-state index is 12.4. The summed E-state index contributed by atoms with van der Waals surface area (Å²) in [5.41, 5.74) is 0.906. The first-order valence-electron chi connectivity index (χ1n) is 6.85. The van der Waals surface area contributed by atoms with Gasteiger partial charge in [0, 0.05) is 18.2 Å². The van der Waals surface area contributed by atoms with E-state index in [1.807, 2.05) is 13.0 Å². The lowest BCUT2D eigenvalue weighted by Crippen LogP contribution is -2.37. The van der Waals surface area contributed by atoms with Crippen LogP contribution in [0.4, 0.5) is 23.7 Å². The Bertz CT molecular complexity index is 666. The molecule has 2 aromatic rings. The molecule has 9 heteroatoms. The first-order valence-corrected chi connectivity index (χ1v) is 6.85. The second-order valence-corrected chi connectivity index (χ2v) is 5.18.